The number of amidine groups is 1. The van der Waals surface area contributed by atoms with E-state index in [2.05, 4.69) is 46.5 Å². The number of hydrogen-bond acceptors (Lipinski definition) is 5. The summed E-state index contributed by atoms with van der Waals surface area (Å²) in [4.78, 5) is 13.8. The summed E-state index contributed by atoms with van der Waals surface area (Å²) in [6.07, 6.45) is 3.36. The van der Waals surface area contributed by atoms with Gasteiger partial charge >= 0.3 is 0 Å². The normalized spacial score (nSPS) is 11.4. The van der Waals surface area contributed by atoms with Crippen molar-refractivity contribution in [3.05, 3.63) is 64.3 Å². The minimum atomic E-state index is 0.314. The van der Waals surface area contributed by atoms with E-state index in [1.54, 1.807) is 6.20 Å². The molecule has 3 rings (SSSR count). The molecule has 0 bridgehead atoms. The quantitative estimate of drug-likeness (QED) is 0.460. The second kappa shape index (κ2) is 7.88. The Hall–Kier alpha value is -3.06. The van der Waals surface area contributed by atoms with Gasteiger partial charge in [0.2, 0.25) is 0 Å². The summed E-state index contributed by atoms with van der Waals surface area (Å²) in [5.41, 5.74) is 10.3. The highest BCUT2D eigenvalue weighted by atomic mass is 32.1. The molecule has 0 aliphatic carbocycles. The first-order chi connectivity index (χ1) is 12.6. The van der Waals surface area contributed by atoms with E-state index >= 15 is 0 Å². The first kappa shape index (κ1) is 17.8. The Labute approximate surface area is 156 Å². The number of nitrogens with one attached hydrogen (secondary N) is 2. The average Bonchev–Trinajstić information content (AvgIpc) is 3.08. The molecule has 0 fully saturated rings. The van der Waals surface area contributed by atoms with Crippen LogP contribution in [0.2, 0.25) is 0 Å². The Morgan fingerprint density at radius 1 is 1.31 bits per heavy atom. The molecule has 0 amide bonds. The molecule has 0 radical (unpaired) electrons. The van der Waals surface area contributed by atoms with Gasteiger partial charge in [0.25, 0.3) is 0 Å². The van der Waals surface area contributed by atoms with Crippen molar-refractivity contribution in [1.29, 1.82) is 5.41 Å². The van der Waals surface area contributed by atoms with Crippen molar-refractivity contribution >= 4 is 29.3 Å². The summed E-state index contributed by atoms with van der Waals surface area (Å²) < 4.78 is 0. The van der Waals surface area contributed by atoms with Gasteiger partial charge in [-0.15, -0.1) is 11.3 Å². The van der Waals surface area contributed by atoms with Crippen LogP contribution in [0.15, 0.2) is 47.6 Å². The van der Waals surface area contributed by atoms with E-state index < -0.39 is 0 Å². The molecule has 0 spiro atoms. The van der Waals surface area contributed by atoms with Gasteiger partial charge in [-0.25, -0.2) is 15.0 Å². The number of aliphatic imine (C=N–C) groups is 1. The number of aromatic nitrogens is 2. The van der Waals surface area contributed by atoms with Gasteiger partial charge in [0.1, 0.15) is 23.0 Å². The molecule has 0 unspecified atom stereocenters. The van der Waals surface area contributed by atoms with Crippen LogP contribution >= 0.6 is 11.3 Å². The Kier molecular flexibility index (Phi) is 5.38. The van der Waals surface area contributed by atoms with Gasteiger partial charge in [0.05, 0.1) is 10.6 Å². The molecular formula is C19H20N6S. The number of benzene rings is 1. The maximum Gasteiger partial charge on any atom is 0.144 e. The summed E-state index contributed by atoms with van der Waals surface area (Å²) in [6, 6.07) is 12.2. The molecule has 0 aliphatic heterocycles. The van der Waals surface area contributed by atoms with Crippen LogP contribution < -0.4 is 11.1 Å². The van der Waals surface area contributed by atoms with E-state index in [-0.39, 0.29) is 0 Å². The fourth-order valence-corrected chi connectivity index (χ4v) is 3.51. The van der Waals surface area contributed by atoms with E-state index in [1.807, 2.05) is 19.2 Å². The molecule has 2 heterocycles. The molecule has 0 aliphatic rings. The fraction of sp³-hybridized carbons (Fsp3) is 0.158. The summed E-state index contributed by atoms with van der Waals surface area (Å²) in [5.74, 6) is 1.09. The van der Waals surface area contributed by atoms with Crippen LogP contribution in [0.25, 0.3) is 10.6 Å². The molecule has 1 aromatic carbocycles. The topological polar surface area (TPSA) is 100 Å². The predicted molar refractivity (Wildman–Crippen MR) is 108 cm³/mol. The van der Waals surface area contributed by atoms with Gasteiger partial charge in [-0.2, -0.15) is 0 Å². The molecule has 26 heavy (non-hydrogen) atoms. The highest BCUT2D eigenvalue weighted by molar-refractivity contribution is 7.17. The maximum atomic E-state index is 7.20. The maximum absolute atomic E-state index is 7.20. The summed E-state index contributed by atoms with van der Waals surface area (Å²) in [6.45, 7) is 2.06. The van der Waals surface area contributed by atoms with Gasteiger partial charge in [0, 0.05) is 25.2 Å². The first-order valence-corrected chi connectivity index (χ1v) is 8.94. The molecule has 0 atom stereocenters. The number of hydrogen-bond donors (Lipinski definition) is 3. The number of nitrogens with zero attached hydrogens (tertiary/aromatic N) is 3. The van der Waals surface area contributed by atoms with Crippen LogP contribution in [0.5, 0.6) is 0 Å². The van der Waals surface area contributed by atoms with Crippen molar-refractivity contribution in [2.24, 2.45) is 10.7 Å². The van der Waals surface area contributed by atoms with Gasteiger partial charge in [-0.05, 0) is 24.6 Å². The number of aryl methyl sites for hydroxylation is 1. The fourth-order valence-electron chi connectivity index (χ4n) is 2.52. The van der Waals surface area contributed by atoms with E-state index in [1.165, 1.54) is 16.9 Å². The zero-order valence-corrected chi connectivity index (χ0v) is 15.5. The molecule has 2 aromatic heterocycles. The highest BCUT2D eigenvalue weighted by Gasteiger charge is 2.16. The largest absolute Gasteiger partial charge is 0.382 e. The number of thiazole rings is 1. The Morgan fingerprint density at radius 2 is 2.08 bits per heavy atom. The smallest absolute Gasteiger partial charge is 0.144 e. The zero-order chi connectivity index (χ0) is 18.5. The van der Waals surface area contributed by atoms with E-state index in [0.717, 1.165) is 38.9 Å². The van der Waals surface area contributed by atoms with Crippen molar-refractivity contribution in [3.63, 3.8) is 0 Å². The number of rotatable bonds is 6. The zero-order valence-electron chi connectivity index (χ0n) is 14.7. The molecule has 0 saturated carbocycles. The Bertz CT molecular complexity index is 943. The summed E-state index contributed by atoms with van der Waals surface area (Å²) >= 11 is 1.48. The van der Waals surface area contributed by atoms with Crippen LogP contribution in [-0.4, -0.2) is 29.2 Å². The molecule has 7 heteroatoms. The predicted octanol–water partition coefficient (Wildman–Crippen LogP) is 3.46. The highest BCUT2D eigenvalue weighted by Crippen LogP contribution is 2.30. The number of pyridine rings is 1. The van der Waals surface area contributed by atoms with Crippen LogP contribution in [0.1, 0.15) is 21.7 Å². The van der Waals surface area contributed by atoms with E-state index in [0.29, 0.717) is 12.3 Å². The lowest BCUT2D eigenvalue weighted by atomic mass is 10.1. The SMILES string of the molecule is CNc1cc(-c2nc(Cc3ccc(C)cc3)c(C(N)=NC=N)s2)ccn1. The minimum Gasteiger partial charge on any atom is -0.382 e. The summed E-state index contributed by atoms with van der Waals surface area (Å²) in [7, 11) is 1.83. The lowest BCUT2D eigenvalue weighted by Gasteiger charge is -2.02. The van der Waals surface area contributed by atoms with Crippen molar-refractivity contribution in [2.75, 3.05) is 12.4 Å². The Balaban J connectivity index is 2.03. The average molecular weight is 364 g/mol. The van der Waals surface area contributed by atoms with Crippen LogP contribution in [0.3, 0.4) is 0 Å². The molecule has 132 valence electrons. The van der Waals surface area contributed by atoms with Crippen molar-refractivity contribution in [1.82, 2.24) is 9.97 Å². The number of nitrogens with two attached hydrogens (primary N) is 1. The van der Waals surface area contributed by atoms with Crippen LogP contribution in [0, 0.1) is 12.3 Å². The minimum absolute atomic E-state index is 0.314. The third-order valence-electron chi connectivity index (χ3n) is 3.89. The molecular weight excluding hydrogens is 344 g/mol. The van der Waals surface area contributed by atoms with Crippen LogP contribution in [0.4, 0.5) is 5.82 Å². The van der Waals surface area contributed by atoms with E-state index in [4.69, 9.17) is 16.1 Å². The van der Waals surface area contributed by atoms with Gasteiger partial charge in [-0.3, -0.25) is 5.41 Å². The van der Waals surface area contributed by atoms with Gasteiger partial charge in [0.15, 0.2) is 0 Å². The van der Waals surface area contributed by atoms with Crippen molar-refractivity contribution < 1.29 is 0 Å². The molecule has 6 nitrogen and oxygen atoms in total. The monoisotopic (exact) mass is 364 g/mol. The van der Waals surface area contributed by atoms with Gasteiger partial charge in [-0.1, -0.05) is 29.8 Å². The second-order valence-corrected chi connectivity index (χ2v) is 6.78. The van der Waals surface area contributed by atoms with Crippen molar-refractivity contribution in [3.8, 4) is 10.6 Å². The van der Waals surface area contributed by atoms with Crippen molar-refractivity contribution in [2.45, 2.75) is 13.3 Å². The van der Waals surface area contributed by atoms with E-state index in [9.17, 15) is 0 Å². The van der Waals surface area contributed by atoms with Crippen LogP contribution in [-0.2, 0) is 6.42 Å². The Morgan fingerprint density at radius 3 is 2.77 bits per heavy atom. The molecule has 4 N–H and O–H groups in total. The third-order valence-corrected chi connectivity index (χ3v) is 5.06. The third kappa shape index (κ3) is 3.94. The standard InChI is InChI=1S/C19H20N6S/c1-12-3-5-13(6-4-12)9-15-17(18(21)24-11-20)26-19(25-15)14-7-8-23-16(10-14)22-2/h3-8,10-11H,9H2,1-2H3,(H,22,23)(H3,20,21,24). The first-order valence-electron chi connectivity index (χ1n) is 8.12. The van der Waals surface area contributed by atoms with Gasteiger partial charge < -0.3 is 11.1 Å². The number of anilines is 1. The summed E-state index contributed by atoms with van der Waals surface area (Å²) in [5, 5.41) is 11.1. The lowest BCUT2D eigenvalue weighted by molar-refractivity contribution is 1.10. The lowest BCUT2D eigenvalue weighted by Crippen LogP contribution is -2.14. The molecule has 0 saturated heterocycles. The molecule has 3 aromatic rings. The second-order valence-electron chi connectivity index (χ2n) is 5.78.